The average molecular weight is 329 g/mol. The Morgan fingerprint density at radius 1 is 0.652 bits per heavy atom. The third-order valence-electron chi connectivity index (χ3n) is 5.53. The second-order valence-electron chi connectivity index (χ2n) is 8.15. The molecule has 0 aliphatic heterocycles. The molecule has 0 radical (unpaired) electrons. The van der Waals surface area contributed by atoms with Crippen molar-refractivity contribution in [3.63, 3.8) is 0 Å². The number of aliphatic hydroxyl groups excluding tert-OH is 1. The zero-order chi connectivity index (χ0) is 17.4. The van der Waals surface area contributed by atoms with E-state index < -0.39 is 0 Å². The number of quaternary nitrogens is 1. The standard InChI is InChI=1S/C21H46NO/c1-5-6-7-8-9-10-11-12-13-14-15-16-17-18-19-21(2)22(3,4)20-23/h21,23H,5-20H2,1-4H3/q+1. The SMILES string of the molecule is CCCCCCCCCCCCCCCCC(C)[N+](C)(C)CO. The summed E-state index contributed by atoms with van der Waals surface area (Å²) in [6.45, 7) is 4.80. The van der Waals surface area contributed by atoms with Crippen molar-refractivity contribution < 1.29 is 9.59 Å². The van der Waals surface area contributed by atoms with E-state index in [0.29, 0.717) is 6.04 Å². The van der Waals surface area contributed by atoms with Crippen molar-refractivity contribution in [2.24, 2.45) is 0 Å². The molecule has 0 amide bonds. The highest BCUT2D eigenvalue weighted by Gasteiger charge is 2.21. The van der Waals surface area contributed by atoms with E-state index in [1.807, 2.05) is 0 Å². The molecule has 1 N–H and O–H groups in total. The highest BCUT2D eigenvalue weighted by atomic mass is 16.3. The van der Waals surface area contributed by atoms with E-state index in [1.54, 1.807) is 0 Å². The van der Waals surface area contributed by atoms with Crippen molar-refractivity contribution in [3.8, 4) is 0 Å². The van der Waals surface area contributed by atoms with Crippen molar-refractivity contribution >= 4 is 0 Å². The maximum atomic E-state index is 9.35. The molecule has 0 spiro atoms. The quantitative estimate of drug-likeness (QED) is 0.189. The minimum absolute atomic E-state index is 0.250. The molecule has 0 aliphatic carbocycles. The van der Waals surface area contributed by atoms with Crippen molar-refractivity contribution in [1.82, 2.24) is 0 Å². The fourth-order valence-corrected chi connectivity index (χ4v) is 3.12. The van der Waals surface area contributed by atoms with Gasteiger partial charge < -0.3 is 9.59 Å². The Morgan fingerprint density at radius 2 is 1.00 bits per heavy atom. The van der Waals surface area contributed by atoms with Gasteiger partial charge in [0.1, 0.15) is 0 Å². The van der Waals surface area contributed by atoms with E-state index in [0.717, 1.165) is 4.48 Å². The first-order valence-corrected chi connectivity index (χ1v) is 10.5. The van der Waals surface area contributed by atoms with Gasteiger partial charge in [-0.15, -0.1) is 0 Å². The molecular formula is C21H46NO+. The summed E-state index contributed by atoms with van der Waals surface area (Å²) in [6, 6.07) is 0.567. The van der Waals surface area contributed by atoms with Crippen LogP contribution in [0.25, 0.3) is 0 Å². The Morgan fingerprint density at radius 3 is 1.35 bits per heavy atom. The van der Waals surface area contributed by atoms with Crippen LogP contribution in [0.2, 0.25) is 0 Å². The molecule has 0 aromatic heterocycles. The van der Waals surface area contributed by atoms with Crippen LogP contribution in [0, 0.1) is 0 Å². The number of rotatable bonds is 17. The summed E-state index contributed by atoms with van der Waals surface area (Å²) in [5.41, 5.74) is 0. The summed E-state index contributed by atoms with van der Waals surface area (Å²) >= 11 is 0. The van der Waals surface area contributed by atoms with Crippen molar-refractivity contribution in [2.75, 3.05) is 20.8 Å². The smallest absolute Gasteiger partial charge is 0.180 e. The van der Waals surface area contributed by atoms with Gasteiger partial charge in [0.15, 0.2) is 6.73 Å². The molecule has 1 atom stereocenters. The van der Waals surface area contributed by atoms with Crippen molar-refractivity contribution in [3.05, 3.63) is 0 Å². The Bertz CT molecular complexity index is 240. The second-order valence-corrected chi connectivity index (χ2v) is 8.15. The number of unbranched alkanes of at least 4 members (excludes halogenated alkanes) is 13. The van der Waals surface area contributed by atoms with E-state index in [2.05, 4.69) is 27.9 Å². The normalized spacial score (nSPS) is 13.4. The van der Waals surface area contributed by atoms with Crippen LogP contribution >= 0.6 is 0 Å². The molecule has 0 saturated heterocycles. The highest BCUT2D eigenvalue weighted by molar-refractivity contribution is 4.53. The number of hydrogen-bond acceptors (Lipinski definition) is 1. The van der Waals surface area contributed by atoms with Gasteiger partial charge in [-0.1, -0.05) is 90.4 Å². The Kier molecular flexibility index (Phi) is 15.4. The minimum atomic E-state index is 0.250. The lowest BCUT2D eigenvalue weighted by Gasteiger charge is -2.33. The van der Waals surface area contributed by atoms with Crippen LogP contribution in [0.15, 0.2) is 0 Å². The van der Waals surface area contributed by atoms with E-state index in [1.165, 1.54) is 96.3 Å². The first kappa shape index (κ1) is 22.9. The molecule has 0 aromatic carbocycles. The Labute approximate surface area is 147 Å². The molecule has 0 rings (SSSR count). The van der Waals surface area contributed by atoms with Gasteiger partial charge in [0.05, 0.1) is 20.1 Å². The summed E-state index contributed by atoms with van der Waals surface area (Å²) < 4.78 is 0.735. The summed E-state index contributed by atoms with van der Waals surface area (Å²) in [5.74, 6) is 0. The van der Waals surface area contributed by atoms with Crippen LogP contribution in [0.5, 0.6) is 0 Å². The third-order valence-corrected chi connectivity index (χ3v) is 5.53. The molecule has 2 heteroatoms. The fraction of sp³-hybridized carbons (Fsp3) is 1.00. The third kappa shape index (κ3) is 14.0. The van der Waals surface area contributed by atoms with E-state index >= 15 is 0 Å². The highest BCUT2D eigenvalue weighted by Crippen LogP contribution is 2.16. The molecule has 0 aromatic rings. The maximum Gasteiger partial charge on any atom is 0.180 e. The largest absolute Gasteiger partial charge is 0.347 e. The summed E-state index contributed by atoms with van der Waals surface area (Å²) in [5, 5.41) is 9.35. The summed E-state index contributed by atoms with van der Waals surface area (Å²) in [6.07, 6.45) is 21.1. The van der Waals surface area contributed by atoms with Crippen LogP contribution in [-0.4, -0.2) is 36.5 Å². The van der Waals surface area contributed by atoms with Gasteiger partial charge in [0, 0.05) is 0 Å². The van der Waals surface area contributed by atoms with Gasteiger partial charge in [0.2, 0.25) is 0 Å². The number of nitrogens with zero attached hydrogens (tertiary/aromatic N) is 1. The monoisotopic (exact) mass is 328 g/mol. The molecule has 140 valence electrons. The van der Waals surface area contributed by atoms with Crippen LogP contribution in [-0.2, 0) is 0 Å². The molecule has 0 bridgehead atoms. The van der Waals surface area contributed by atoms with Gasteiger partial charge in [0.25, 0.3) is 0 Å². The van der Waals surface area contributed by atoms with Gasteiger partial charge in [-0.3, -0.25) is 0 Å². The van der Waals surface area contributed by atoms with E-state index in [-0.39, 0.29) is 6.73 Å². The first-order chi connectivity index (χ1) is 11.0. The number of aliphatic hydroxyl groups is 1. The minimum Gasteiger partial charge on any atom is -0.347 e. The van der Waals surface area contributed by atoms with Gasteiger partial charge in [-0.2, -0.15) is 0 Å². The average Bonchev–Trinajstić information content (AvgIpc) is 2.54. The van der Waals surface area contributed by atoms with E-state index in [4.69, 9.17) is 0 Å². The lowest BCUT2D eigenvalue weighted by molar-refractivity contribution is -0.930. The molecule has 0 aliphatic rings. The van der Waals surface area contributed by atoms with Crippen LogP contribution < -0.4 is 0 Å². The lowest BCUT2D eigenvalue weighted by atomic mass is 10.0. The molecule has 2 nitrogen and oxygen atoms in total. The lowest BCUT2D eigenvalue weighted by Crippen LogP contribution is -2.47. The van der Waals surface area contributed by atoms with Crippen LogP contribution in [0.4, 0.5) is 0 Å². The second kappa shape index (κ2) is 15.4. The molecule has 0 saturated carbocycles. The predicted molar refractivity (Wildman–Crippen MR) is 104 cm³/mol. The van der Waals surface area contributed by atoms with Gasteiger partial charge in [-0.05, 0) is 19.8 Å². The molecular weight excluding hydrogens is 282 g/mol. The molecule has 0 fully saturated rings. The van der Waals surface area contributed by atoms with Crippen molar-refractivity contribution in [2.45, 2.75) is 116 Å². The van der Waals surface area contributed by atoms with Gasteiger partial charge >= 0.3 is 0 Å². The Hall–Kier alpha value is -0.0800. The molecule has 0 heterocycles. The maximum absolute atomic E-state index is 9.35. The van der Waals surface area contributed by atoms with Crippen molar-refractivity contribution in [1.29, 1.82) is 0 Å². The summed E-state index contributed by atoms with van der Waals surface area (Å²) in [4.78, 5) is 0. The first-order valence-electron chi connectivity index (χ1n) is 10.5. The fourth-order valence-electron chi connectivity index (χ4n) is 3.12. The van der Waals surface area contributed by atoms with Crippen LogP contribution in [0.1, 0.15) is 110 Å². The van der Waals surface area contributed by atoms with Crippen LogP contribution in [0.3, 0.4) is 0 Å². The zero-order valence-corrected chi connectivity index (χ0v) is 16.8. The van der Waals surface area contributed by atoms with Gasteiger partial charge in [-0.25, -0.2) is 0 Å². The Balaban J connectivity index is 3.19. The molecule has 23 heavy (non-hydrogen) atoms. The predicted octanol–water partition coefficient (Wildman–Crippen LogP) is 6.27. The zero-order valence-electron chi connectivity index (χ0n) is 16.8. The number of hydrogen-bond donors (Lipinski definition) is 1. The molecule has 1 unspecified atom stereocenters. The van der Waals surface area contributed by atoms with E-state index in [9.17, 15) is 5.11 Å². The topological polar surface area (TPSA) is 20.2 Å². The summed E-state index contributed by atoms with van der Waals surface area (Å²) in [7, 11) is 4.24.